The van der Waals surface area contributed by atoms with E-state index in [-0.39, 0.29) is 11.9 Å². The highest BCUT2D eigenvalue weighted by molar-refractivity contribution is 6.30. The number of ether oxygens (including phenoxy) is 2. The van der Waals surface area contributed by atoms with Crippen LogP contribution in [-0.4, -0.2) is 30.6 Å². The number of hydrogen-bond acceptors (Lipinski definition) is 4. The van der Waals surface area contributed by atoms with Crippen LogP contribution in [0.2, 0.25) is 5.02 Å². The van der Waals surface area contributed by atoms with Gasteiger partial charge in [-0.15, -0.1) is 0 Å². The molecular weight excluding hydrogens is 388 g/mol. The van der Waals surface area contributed by atoms with Crippen molar-refractivity contribution in [3.63, 3.8) is 0 Å². The number of carbonyl (C=O) groups excluding carboxylic acids is 2. The van der Waals surface area contributed by atoms with Crippen LogP contribution in [0.3, 0.4) is 0 Å². The third-order valence-corrected chi connectivity index (χ3v) is 6.63. The second-order valence-electron chi connectivity index (χ2n) is 8.18. The van der Waals surface area contributed by atoms with Gasteiger partial charge in [0.25, 0.3) is 0 Å². The number of aryl methyl sites for hydroxylation is 2. The SMILES string of the molecule is COC1CCC2(CC1)OC(=O)C(c1c(C)cc(-c3ccc(Cl)cc3)cc1C)C2=O. The molecule has 4 rings (SSSR count). The summed E-state index contributed by atoms with van der Waals surface area (Å²) < 4.78 is 11.1. The van der Waals surface area contributed by atoms with Crippen molar-refractivity contribution >= 4 is 23.4 Å². The minimum Gasteiger partial charge on any atom is -0.450 e. The Morgan fingerprint density at radius 2 is 1.59 bits per heavy atom. The lowest BCUT2D eigenvalue weighted by atomic mass is 9.75. The lowest BCUT2D eigenvalue weighted by Gasteiger charge is -2.33. The van der Waals surface area contributed by atoms with Crippen LogP contribution in [0.25, 0.3) is 11.1 Å². The molecule has 5 heteroatoms. The highest BCUT2D eigenvalue weighted by atomic mass is 35.5. The molecule has 152 valence electrons. The van der Waals surface area contributed by atoms with E-state index in [0.717, 1.165) is 40.7 Å². The Hall–Kier alpha value is -2.17. The minimum absolute atomic E-state index is 0.0949. The van der Waals surface area contributed by atoms with Gasteiger partial charge >= 0.3 is 5.97 Å². The number of rotatable bonds is 3. The Bertz CT molecular complexity index is 932. The number of esters is 1. The van der Waals surface area contributed by atoms with Gasteiger partial charge < -0.3 is 9.47 Å². The average Bonchev–Trinajstić information content (AvgIpc) is 2.93. The summed E-state index contributed by atoms with van der Waals surface area (Å²) in [6.07, 6.45) is 2.67. The number of carbonyl (C=O) groups is 2. The summed E-state index contributed by atoms with van der Waals surface area (Å²) in [5.74, 6) is -1.35. The van der Waals surface area contributed by atoms with Gasteiger partial charge in [-0.3, -0.25) is 9.59 Å². The molecule has 0 bridgehead atoms. The van der Waals surface area contributed by atoms with Gasteiger partial charge in [0.2, 0.25) is 0 Å². The molecule has 1 aliphatic heterocycles. The van der Waals surface area contributed by atoms with Gasteiger partial charge in [-0.2, -0.15) is 0 Å². The zero-order chi connectivity index (χ0) is 20.8. The van der Waals surface area contributed by atoms with E-state index in [2.05, 4.69) is 0 Å². The smallest absolute Gasteiger partial charge is 0.322 e. The van der Waals surface area contributed by atoms with Crippen molar-refractivity contribution in [1.82, 2.24) is 0 Å². The fraction of sp³-hybridized carbons (Fsp3) is 0.417. The van der Waals surface area contributed by atoms with E-state index < -0.39 is 17.5 Å². The van der Waals surface area contributed by atoms with Gasteiger partial charge in [0, 0.05) is 12.1 Å². The van der Waals surface area contributed by atoms with Crippen LogP contribution in [0.1, 0.15) is 48.3 Å². The molecule has 2 fully saturated rings. The lowest BCUT2D eigenvalue weighted by molar-refractivity contribution is -0.157. The molecule has 1 atom stereocenters. The Balaban J connectivity index is 1.67. The molecule has 1 aliphatic carbocycles. The molecular formula is C24H25ClO4. The Kier molecular flexibility index (Phi) is 5.26. The summed E-state index contributed by atoms with van der Waals surface area (Å²) in [5, 5.41) is 0.687. The van der Waals surface area contributed by atoms with Crippen molar-refractivity contribution in [2.75, 3.05) is 7.11 Å². The number of hydrogen-bond donors (Lipinski definition) is 0. The van der Waals surface area contributed by atoms with Gasteiger partial charge in [0.05, 0.1) is 6.10 Å². The van der Waals surface area contributed by atoms with Crippen molar-refractivity contribution < 1.29 is 19.1 Å². The highest BCUT2D eigenvalue weighted by Crippen LogP contribution is 2.45. The molecule has 0 amide bonds. The van der Waals surface area contributed by atoms with Crippen molar-refractivity contribution in [1.29, 1.82) is 0 Å². The maximum Gasteiger partial charge on any atom is 0.322 e. The molecule has 2 aliphatic rings. The predicted molar refractivity (Wildman–Crippen MR) is 112 cm³/mol. The first-order valence-electron chi connectivity index (χ1n) is 10.0. The van der Waals surface area contributed by atoms with Crippen LogP contribution in [0.5, 0.6) is 0 Å². The fourth-order valence-corrected chi connectivity index (χ4v) is 4.93. The van der Waals surface area contributed by atoms with Crippen molar-refractivity contribution in [2.24, 2.45) is 0 Å². The minimum atomic E-state index is -0.982. The number of methoxy groups -OCH3 is 1. The van der Waals surface area contributed by atoms with Crippen molar-refractivity contribution in [3.8, 4) is 11.1 Å². The van der Waals surface area contributed by atoms with Crippen molar-refractivity contribution in [3.05, 3.63) is 58.1 Å². The molecule has 1 saturated carbocycles. The summed E-state index contributed by atoms with van der Waals surface area (Å²) >= 11 is 6.00. The van der Waals surface area contributed by atoms with Crippen LogP contribution in [-0.2, 0) is 19.1 Å². The molecule has 1 saturated heterocycles. The molecule has 2 aromatic rings. The molecule has 1 heterocycles. The fourth-order valence-electron chi connectivity index (χ4n) is 4.80. The number of ketones is 1. The first kappa shape index (κ1) is 20.1. The number of Topliss-reactive ketones (excluding diaryl/α,β-unsaturated/α-hetero) is 1. The zero-order valence-corrected chi connectivity index (χ0v) is 17.7. The third-order valence-electron chi connectivity index (χ3n) is 6.38. The summed E-state index contributed by atoms with van der Waals surface area (Å²) in [4.78, 5) is 26.2. The largest absolute Gasteiger partial charge is 0.450 e. The van der Waals surface area contributed by atoms with Crippen molar-refractivity contribution in [2.45, 2.75) is 57.2 Å². The normalized spacial score (nSPS) is 26.8. The van der Waals surface area contributed by atoms with E-state index in [1.165, 1.54) is 0 Å². The van der Waals surface area contributed by atoms with E-state index >= 15 is 0 Å². The Morgan fingerprint density at radius 3 is 2.14 bits per heavy atom. The molecule has 29 heavy (non-hydrogen) atoms. The highest BCUT2D eigenvalue weighted by Gasteiger charge is 2.57. The van der Waals surface area contributed by atoms with E-state index in [1.54, 1.807) is 7.11 Å². The summed E-state index contributed by atoms with van der Waals surface area (Å²) in [6, 6.07) is 11.7. The topological polar surface area (TPSA) is 52.6 Å². The van der Waals surface area contributed by atoms with Crippen LogP contribution < -0.4 is 0 Å². The predicted octanol–water partition coefficient (Wildman–Crippen LogP) is 5.16. The summed E-state index contributed by atoms with van der Waals surface area (Å²) in [7, 11) is 1.68. The second kappa shape index (κ2) is 7.58. The van der Waals surface area contributed by atoms with Crippen LogP contribution in [0.15, 0.2) is 36.4 Å². The van der Waals surface area contributed by atoms with Gasteiger partial charge in [0.1, 0.15) is 5.92 Å². The molecule has 0 radical (unpaired) electrons. The summed E-state index contributed by atoms with van der Waals surface area (Å²) in [6.45, 7) is 3.91. The van der Waals surface area contributed by atoms with Gasteiger partial charge in [0.15, 0.2) is 11.4 Å². The van der Waals surface area contributed by atoms with Gasteiger partial charge in [-0.1, -0.05) is 35.9 Å². The quantitative estimate of drug-likeness (QED) is 0.516. The Labute approximate surface area is 176 Å². The van der Waals surface area contributed by atoms with Gasteiger partial charge in [-0.05, 0) is 79.5 Å². The van der Waals surface area contributed by atoms with Crippen LogP contribution in [0.4, 0.5) is 0 Å². The molecule has 2 aromatic carbocycles. The summed E-state index contributed by atoms with van der Waals surface area (Å²) in [5.41, 5.74) is 3.73. The number of halogens is 1. The first-order valence-corrected chi connectivity index (χ1v) is 10.4. The number of benzene rings is 2. The van der Waals surface area contributed by atoms with Crippen LogP contribution >= 0.6 is 11.6 Å². The van der Waals surface area contributed by atoms with E-state index in [1.807, 2.05) is 50.2 Å². The van der Waals surface area contributed by atoms with E-state index in [9.17, 15) is 9.59 Å². The maximum atomic E-state index is 13.4. The standard InChI is InChI=1S/C24H25ClO4/c1-14-12-17(16-4-6-18(25)7-5-16)13-15(2)20(14)21-22(26)24(29-23(21)27)10-8-19(28-3)9-11-24/h4-7,12-13,19,21H,8-11H2,1-3H3. The maximum absolute atomic E-state index is 13.4. The molecule has 0 N–H and O–H groups in total. The van der Waals surface area contributed by atoms with Gasteiger partial charge in [-0.25, -0.2) is 0 Å². The first-order chi connectivity index (χ1) is 13.8. The molecule has 4 nitrogen and oxygen atoms in total. The average molecular weight is 413 g/mol. The third kappa shape index (κ3) is 3.49. The zero-order valence-electron chi connectivity index (χ0n) is 17.0. The molecule has 1 unspecified atom stereocenters. The van der Waals surface area contributed by atoms with E-state index in [4.69, 9.17) is 21.1 Å². The molecule has 1 spiro atoms. The molecule has 0 aromatic heterocycles. The monoisotopic (exact) mass is 412 g/mol. The van der Waals surface area contributed by atoms with Crippen LogP contribution in [0, 0.1) is 13.8 Å². The van der Waals surface area contributed by atoms with E-state index in [0.29, 0.717) is 17.9 Å². The lowest BCUT2D eigenvalue weighted by Crippen LogP contribution is -2.42. The second-order valence-corrected chi connectivity index (χ2v) is 8.61. The Morgan fingerprint density at radius 1 is 1.00 bits per heavy atom.